The second kappa shape index (κ2) is 9.96. The van der Waals surface area contributed by atoms with Crippen LogP contribution in [0.2, 0.25) is 0 Å². The summed E-state index contributed by atoms with van der Waals surface area (Å²) in [6, 6.07) is 3.48. The number of urea groups is 1. The summed E-state index contributed by atoms with van der Waals surface area (Å²) in [6.45, 7) is 3.61. The van der Waals surface area contributed by atoms with Crippen LogP contribution < -0.4 is 5.32 Å². The number of nitrogens with one attached hydrogen (secondary N) is 1. The molecule has 2 fully saturated rings. The van der Waals surface area contributed by atoms with E-state index in [-0.39, 0.29) is 12.1 Å². The van der Waals surface area contributed by atoms with Gasteiger partial charge in [-0.2, -0.15) is 0 Å². The summed E-state index contributed by atoms with van der Waals surface area (Å²) >= 11 is 0. The minimum Gasteiger partial charge on any atom is -0.379 e. The zero-order valence-corrected chi connectivity index (χ0v) is 15.3. The molecule has 2 aliphatic heterocycles. The van der Waals surface area contributed by atoms with Crippen LogP contribution in [0, 0.1) is 11.6 Å². The lowest BCUT2D eigenvalue weighted by Gasteiger charge is -2.33. The van der Waals surface area contributed by atoms with Gasteiger partial charge in [-0.15, -0.1) is 0 Å². The summed E-state index contributed by atoms with van der Waals surface area (Å²) in [4.78, 5) is 13.9. The lowest BCUT2D eigenvalue weighted by Crippen LogP contribution is -2.47. The molecule has 2 saturated heterocycles. The Morgan fingerprint density at radius 3 is 2.93 bits per heavy atom. The molecule has 0 spiro atoms. The Morgan fingerprint density at radius 2 is 2.15 bits per heavy atom. The van der Waals surface area contributed by atoms with Gasteiger partial charge in [-0.1, -0.05) is 6.07 Å². The molecule has 2 aliphatic rings. The van der Waals surface area contributed by atoms with Crippen LogP contribution in [0.3, 0.4) is 0 Å². The number of carbonyl (C=O) groups excluding carboxylic acids is 1. The molecule has 27 heavy (non-hydrogen) atoms. The Bertz CT molecular complexity index is 626. The maximum Gasteiger partial charge on any atom is 0.317 e. The zero-order chi connectivity index (χ0) is 19.1. The van der Waals surface area contributed by atoms with Crippen molar-refractivity contribution in [3.05, 3.63) is 35.4 Å². The monoisotopic (exact) mass is 384 g/mol. The smallest absolute Gasteiger partial charge is 0.317 e. The van der Waals surface area contributed by atoms with Crippen LogP contribution in [0.15, 0.2) is 18.2 Å². The number of rotatable bonds is 7. The molecule has 0 aromatic heterocycles. The molecule has 2 atom stereocenters. The number of carbonyl (C=O) groups is 1. The van der Waals surface area contributed by atoms with E-state index in [0.29, 0.717) is 45.0 Å². The van der Waals surface area contributed by atoms with Gasteiger partial charge in [0, 0.05) is 26.3 Å². The van der Waals surface area contributed by atoms with Crippen molar-refractivity contribution in [2.24, 2.45) is 0 Å². The minimum atomic E-state index is -0.916. The Morgan fingerprint density at radius 1 is 1.26 bits per heavy atom. The highest BCUT2D eigenvalue weighted by atomic mass is 19.2. The van der Waals surface area contributed by atoms with Gasteiger partial charge in [-0.25, -0.2) is 13.6 Å². The first-order valence-electron chi connectivity index (χ1n) is 9.42. The van der Waals surface area contributed by atoms with Gasteiger partial charge in [-0.05, 0) is 37.0 Å². The van der Waals surface area contributed by atoms with Crippen LogP contribution in [0.5, 0.6) is 0 Å². The highest BCUT2D eigenvalue weighted by Crippen LogP contribution is 2.23. The second-order valence-electron chi connectivity index (χ2n) is 6.77. The number of morpholine rings is 1. The van der Waals surface area contributed by atoms with Crippen molar-refractivity contribution < 1.29 is 27.8 Å². The summed E-state index contributed by atoms with van der Waals surface area (Å²) in [5, 5.41) is 2.86. The van der Waals surface area contributed by atoms with E-state index in [1.54, 1.807) is 4.90 Å². The van der Waals surface area contributed by atoms with Crippen LogP contribution in [0.1, 0.15) is 30.9 Å². The average Bonchev–Trinajstić information content (AvgIpc) is 3.20. The van der Waals surface area contributed by atoms with E-state index in [0.717, 1.165) is 38.0 Å². The number of benzene rings is 1. The summed E-state index contributed by atoms with van der Waals surface area (Å²) in [7, 11) is 0. The first-order chi connectivity index (χ1) is 13.1. The molecule has 1 aromatic rings. The molecule has 1 aromatic carbocycles. The standard InChI is InChI=1S/C19H26F2N2O4/c20-16-5-4-14(11-17(16)21)18-12-23(7-10-27-18)19(24)22-6-2-8-25-13-15-3-1-9-26-15/h4-5,11,15,18H,1-3,6-10,12-13H2,(H,22,24)/t15-,18+/m1/s1. The number of nitrogens with zero attached hydrogens (tertiary/aromatic N) is 1. The molecule has 0 saturated carbocycles. The normalized spacial score (nSPS) is 22.8. The van der Waals surface area contributed by atoms with Crippen molar-refractivity contribution in [1.29, 1.82) is 0 Å². The first-order valence-corrected chi connectivity index (χ1v) is 9.42. The van der Waals surface area contributed by atoms with Crippen molar-refractivity contribution in [2.45, 2.75) is 31.5 Å². The molecular formula is C19H26F2N2O4. The summed E-state index contributed by atoms with van der Waals surface area (Å²) in [6.07, 6.45) is 2.60. The highest BCUT2D eigenvalue weighted by molar-refractivity contribution is 5.74. The summed E-state index contributed by atoms with van der Waals surface area (Å²) in [5.74, 6) is -1.81. The van der Waals surface area contributed by atoms with Crippen LogP contribution in [0.25, 0.3) is 0 Å². The lowest BCUT2D eigenvalue weighted by molar-refractivity contribution is -0.0157. The SMILES string of the molecule is O=C(NCCCOC[C@H]1CCCO1)N1CCO[C@H](c2ccc(F)c(F)c2)C1. The maximum absolute atomic E-state index is 13.4. The number of ether oxygens (including phenoxy) is 3. The van der Waals surface area contributed by atoms with E-state index < -0.39 is 17.7 Å². The van der Waals surface area contributed by atoms with Crippen molar-refractivity contribution in [3.8, 4) is 0 Å². The number of halogens is 2. The number of hydrogen-bond acceptors (Lipinski definition) is 4. The van der Waals surface area contributed by atoms with E-state index in [9.17, 15) is 13.6 Å². The van der Waals surface area contributed by atoms with Gasteiger partial charge < -0.3 is 24.4 Å². The third kappa shape index (κ3) is 5.85. The predicted octanol–water partition coefficient (Wildman–Crippen LogP) is 2.63. The quantitative estimate of drug-likeness (QED) is 0.735. The Labute approximate surface area is 157 Å². The van der Waals surface area contributed by atoms with Crippen molar-refractivity contribution >= 4 is 6.03 Å². The highest BCUT2D eigenvalue weighted by Gasteiger charge is 2.26. The lowest BCUT2D eigenvalue weighted by atomic mass is 10.1. The van der Waals surface area contributed by atoms with Crippen LogP contribution in [-0.2, 0) is 14.2 Å². The first kappa shape index (κ1) is 20.0. The average molecular weight is 384 g/mol. The molecule has 1 N–H and O–H groups in total. The minimum absolute atomic E-state index is 0.190. The van der Waals surface area contributed by atoms with E-state index in [2.05, 4.69) is 5.32 Å². The zero-order valence-electron chi connectivity index (χ0n) is 15.3. The van der Waals surface area contributed by atoms with Gasteiger partial charge in [0.05, 0.1) is 25.9 Å². The summed E-state index contributed by atoms with van der Waals surface area (Å²) < 4.78 is 43.1. The Kier molecular flexibility index (Phi) is 7.37. The van der Waals surface area contributed by atoms with Crippen LogP contribution in [0.4, 0.5) is 13.6 Å². The number of hydrogen-bond donors (Lipinski definition) is 1. The van der Waals surface area contributed by atoms with E-state index in [1.165, 1.54) is 6.07 Å². The van der Waals surface area contributed by atoms with Crippen molar-refractivity contribution in [1.82, 2.24) is 10.2 Å². The van der Waals surface area contributed by atoms with Crippen LogP contribution >= 0.6 is 0 Å². The molecule has 2 heterocycles. The van der Waals surface area contributed by atoms with Crippen LogP contribution in [-0.4, -0.2) is 63.1 Å². The molecule has 0 unspecified atom stereocenters. The fraction of sp³-hybridized carbons (Fsp3) is 0.632. The molecule has 3 rings (SSSR count). The third-order valence-electron chi connectivity index (χ3n) is 4.74. The molecular weight excluding hydrogens is 358 g/mol. The van der Waals surface area contributed by atoms with E-state index >= 15 is 0 Å². The van der Waals surface area contributed by atoms with Crippen molar-refractivity contribution in [2.75, 3.05) is 46.1 Å². The van der Waals surface area contributed by atoms with Gasteiger partial charge in [0.25, 0.3) is 0 Å². The molecule has 0 bridgehead atoms. The van der Waals surface area contributed by atoms with Gasteiger partial charge in [0.1, 0.15) is 6.10 Å². The third-order valence-corrected chi connectivity index (χ3v) is 4.74. The number of amides is 2. The van der Waals surface area contributed by atoms with Gasteiger partial charge in [0.15, 0.2) is 11.6 Å². The molecule has 0 aliphatic carbocycles. The Balaban J connectivity index is 1.35. The molecule has 150 valence electrons. The van der Waals surface area contributed by atoms with Gasteiger partial charge in [0.2, 0.25) is 0 Å². The fourth-order valence-corrected chi connectivity index (χ4v) is 3.22. The predicted molar refractivity (Wildman–Crippen MR) is 94.4 cm³/mol. The largest absolute Gasteiger partial charge is 0.379 e. The maximum atomic E-state index is 13.4. The Hall–Kier alpha value is -1.77. The van der Waals surface area contributed by atoms with Gasteiger partial charge in [-0.3, -0.25) is 0 Å². The molecule has 6 nitrogen and oxygen atoms in total. The molecule has 2 amide bonds. The summed E-state index contributed by atoms with van der Waals surface area (Å²) in [5.41, 5.74) is 0.522. The second-order valence-corrected chi connectivity index (χ2v) is 6.77. The van der Waals surface area contributed by atoms with E-state index in [4.69, 9.17) is 14.2 Å². The molecule has 0 radical (unpaired) electrons. The topological polar surface area (TPSA) is 60.0 Å². The van der Waals surface area contributed by atoms with Gasteiger partial charge >= 0.3 is 6.03 Å². The molecule has 8 heteroatoms. The van der Waals surface area contributed by atoms with E-state index in [1.807, 2.05) is 0 Å². The van der Waals surface area contributed by atoms with Crippen molar-refractivity contribution in [3.63, 3.8) is 0 Å². The fourth-order valence-electron chi connectivity index (χ4n) is 3.22.